The van der Waals surface area contributed by atoms with Gasteiger partial charge in [-0.2, -0.15) is 0 Å². The summed E-state index contributed by atoms with van der Waals surface area (Å²) in [6.07, 6.45) is 0.745. The number of aromatic nitrogens is 1. The molecule has 0 spiro atoms. The zero-order valence-corrected chi connectivity index (χ0v) is 14.5. The number of carbonyl (C=O) groups excluding carboxylic acids is 1. The van der Waals surface area contributed by atoms with Gasteiger partial charge in [0.05, 0.1) is 11.2 Å². The Morgan fingerprint density at radius 3 is 1.96 bits per heavy atom. The van der Waals surface area contributed by atoms with Gasteiger partial charge in [0.15, 0.2) is 6.29 Å². The largest absolute Gasteiger partial charge is 0.298 e. The number of benzene rings is 3. The van der Waals surface area contributed by atoms with Crippen LogP contribution in [0.25, 0.3) is 33.3 Å². The lowest BCUT2D eigenvalue weighted by molar-refractivity contribution is 0.112. The normalized spacial score (nSPS) is 10.9. The Kier molecular flexibility index (Phi) is 4.24. The molecule has 0 bridgehead atoms. The maximum atomic E-state index is 13.6. The Bertz CT molecular complexity index is 1150. The van der Waals surface area contributed by atoms with Gasteiger partial charge in [-0.3, -0.25) is 4.79 Å². The summed E-state index contributed by atoms with van der Waals surface area (Å²) in [7, 11) is 0. The molecule has 0 atom stereocenters. The zero-order chi connectivity index (χ0) is 19.0. The Morgan fingerprint density at radius 2 is 1.33 bits per heavy atom. The summed E-state index contributed by atoms with van der Waals surface area (Å²) in [5.41, 5.74) is 5.12. The van der Waals surface area contributed by atoms with Crippen molar-refractivity contribution in [1.29, 1.82) is 0 Å². The summed E-state index contributed by atoms with van der Waals surface area (Å²) in [4.78, 5) is 16.3. The van der Waals surface area contributed by atoms with Crippen LogP contribution in [0.2, 0.25) is 0 Å². The number of aldehydes is 1. The van der Waals surface area contributed by atoms with E-state index in [2.05, 4.69) is 4.98 Å². The van der Waals surface area contributed by atoms with E-state index in [1.165, 1.54) is 24.3 Å². The fraction of sp³-hybridized carbons (Fsp3) is 0.0435. The molecule has 132 valence electrons. The first-order chi connectivity index (χ1) is 13.1. The third-order valence-corrected chi connectivity index (χ3v) is 4.69. The quantitative estimate of drug-likeness (QED) is 0.422. The van der Waals surface area contributed by atoms with Crippen LogP contribution in [0, 0.1) is 18.6 Å². The van der Waals surface area contributed by atoms with Crippen LogP contribution >= 0.6 is 0 Å². The average Bonchev–Trinajstić information content (AvgIpc) is 2.68. The first-order valence-electron chi connectivity index (χ1n) is 8.48. The van der Waals surface area contributed by atoms with Crippen molar-refractivity contribution in [3.63, 3.8) is 0 Å². The fourth-order valence-electron chi connectivity index (χ4n) is 3.25. The standard InChI is InChI=1S/C23H15F2NO/c1-14-21(13-27)20-12-19(25)10-11-22(20)26-23(14)17-4-2-15(3-5-17)16-6-8-18(24)9-7-16/h2-13H,1H3. The second-order valence-corrected chi connectivity index (χ2v) is 6.36. The number of halogens is 2. The van der Waals surface area contributed by atoms with E-state index < -0.39 is 5.82 Å². The molecule has 0 N–H and O–H groups in total. The second-order valence-electron chi connectivity index (χ2n) is 6.36. The van der Waals surface area contributed by atoms with Crippen LogP contribution < -0.4 is 0 Å². The van der Waals surface area contributed by atoms with Gasteiger partial charge in [0.2, 0.25) is 0 Å². The smallest absolute Gasteiger partial charge is 0.151 e. The number of nitrogens with zero attached hydrogens (tertiary/aromatic N) is 1. The lowest BCUT2D eigenvalue weighted by atomic mass is 9.97. The molecule has 2 nitrogen and oxygen atoms in total. The zero-order valence-electron chi connectivity index (χ0n) is 14.5. The minimum Gasteiger partial charge on any atom is -0.298 e. The van der Waals surface area contributed by atoms with Gasteiger partial charge >= 0.3 is 0 Å². The predicted molar refractivity (Wildman–Crippen MR) is 103 cm³/mol. The monoisotopic (exact) mass is 359 g/mol. The molecule has 0 saturated heterocycles. The molecule has 0 radical (unpaired) electrons. The van der Waals surface area contributed by atoms with Crippen LogP contribution in [0.1, 0.15) is 15.9 Å². The van der Waals surface area contributed by atoms with E-state index in [-0.39, 0.29) is 5.82 Å². The van der Waals surface area contributed by atoms with Crippen molar-refractivity contribution >= 4 is 17.2 Å². The lowest BCUT2D eigenvalue weighted by Gasteiger charge is -2.12. The molecule has 0 saturated carbocycles. The molecule has 27 heavy (non-hydrogen) atoms. The van der Waals surface area contributed by atoms with Gasteiger partial charge in [-0.05, 0) is 53.9 Å². The van der Waals surface area contributed by atoms with Gasteiger partial charge in [-0.1, -0.05) is 36.4 Å². The van der Waals surface area contributed by atoms with Gasteiger partial charge in [0.25, 0.3) is 0 Å². The molecule has 0 amide bonds. The van der Waals surface area contributed by atoms with Gasteiger partial charge in [0.1, 0.15) is 11.6 Å². The SMILES string of the molecule is Cc1c(-c2ccc(-c3ccc(F)cc3)cc2)nc2ccc(F)cc2c1C=O. The van der Waals surface area contributed by atoms with Crippen molar-refractivity contribution in [3.05, 3.63) is 89.5 Å². The van der Waals surface area contributed by atoms with Crippen molar-refractivity contribution in [3.8, 4) is 22.4 Å². The molecule has 4 rings (SSSR count). The van der Waals surface area contributed by atoms with Crippen LogP contribution in [-0.4, -0.2) is 11.3 Å². The summed E-state index contributed by atoms with van der Waals surface area (Å²) in [6, 6.07) is 18.2. The highest BCUT2D eigenvalue weighted by molar-refractivity contribution is 6.00. The molecule has 1 heterocycles. The van der Waals surface area contributed by atoms with Gasteiger partial charge in [0, 0.05) is 16.5 Å². The molecule has 3 aromatic carbocycles. The van der Waals surface area contributed by atoms with Gasteiger partial charge < -0.3 is 0 Å². The minimum absolute atomic E-state index is 0.274. The highest BCUT2D eigenvalue weighted by Gasteiger charge is 2.13. The number of rotatable bonds is 3. The summed E-state index contributed by atoms with van der Waals surface area (Å²) < 4.78 is 26.7. The third-order valence-electron chi connectivity index (χ3n) is 4.69. The Morgan fingerprint density at radius 1 is 0.778 bits per heavy atom. The number of hydrogen-bond donors (Lipinski definition) is 0. The predicted octanol–water partition coefficient (Wildman–Crippen LogP) is 5.97. The summed E-state index contributed by atoms with van der Waals surface area (Å²) in [6.45, 7) is 1.81. The molecular formula is C23H15F2NO. The maximum absolute atomic E-state index is 13.6. The van der Waals surface area contributed by atoms with Gasteiger partial charge in [-0.15, -0.1) is 0 Å². The number of carbonyl (C=O) groups is 1. The Hall–Kier alpha value is -3.40. The van der Waals surface area contributed by atoms with Crippen molar-refractivity contribution in [2.45, 2.75) is 6.92 Å². The molecule has 0 aliphatic carbocycles. The molecule has 0 aliphatic rings. The van der Waals surface area contributed by atoms with Crippen LogP contribution in [-0.2, 0) is 0 Å². The van der Waals surface area contributed by atoms with Crippen molar-refractivity contribution < 1.29 is 13.6 Å². The highest BCUT2D eigenvalue weighted by atomic mass is 19.1. The van der Waals surface area contributed by atoms with Crippen molar-refractivity contribution in [2.24, 2.45) is 0 Å². The first-order valence-corrected chi connectivity index (χ1v) is 8.48. The highest BCUT2D eigenvalue weighted by Crippen LogP contribution is 2.30. The molecule has 1 aromatic heterocycles. The van der Waals surface area contributed by atoms with Crippen LogP contribution in [0.4, 0.5) is 8.78 Å². The summed E-state index contributed by atoms with van der Waals surface area (Å²) in [5.74, 6) is -0.674. The van der Waals surface area contributed by atoms with E-state index in [1.807, 2.05) is 31.2 Å². The second kappa shape index (κ2) is 6.72. The van der Waals surface area contributed by atoms with Gasteiger partial charge in [-0.25, -0.2) is 13.8 Å². The average molecular weight is 359 g/mol. The van der Waals surface area contributed by atoms with Crippen LogP contribution in [0.15, 0.2) is 66.7 Å². The van der Waals surface area contributed by atoms with Crippen molar-refractivity contribution in [2.75, 3.05) is 0 Å². The van der Waals surface area contributed by atoms with E-state index in [0.717, 1.165) is 23.0 Å². The van der Waals surface area contributed by atoms with Crippen LogP contribution in [0.3, 0.4) is 0 Å². The third kappa shape index (κ3) is 3.10. The summed E-state index contributed by atoms with van der Waals surface area (Å²) in [5, 5.41) is 0.509. The lowest BCUT2D eigenvalue weighted by Crippen LogP contribution is -1.98. The van der Waals surface area contributed by atoms with E-state index in [1.54, 1.807) is 18.2 Å². The van der Waals surface area contributed by atoms with E-state index in [0.29, 0.717) is 27.7 Å². The van der Waals surface area contributed by atoms with Crippen LogP contribution in [0.5, 0.6) is 0 Å². The molecule has 0 aliphatic heterocycles. The fourth-order valence-corrected chi connectivity index (χ4v) is 3.25. The van der Waals surface area contributed by atoms with E-state index >= 15 is 0 Å². The Balaban J connectivity index is 1.82. The summed E-state index contributed by atoms with van der Waals surface area (Å²) >= 11 is 0. The van der Waals surface area contributed by atoms with E-state index in [9.17, 15) is 13.6 Å². The first kappa shape index (κ1) is 17.0. The molecule has 4 heteroatoms. The molecular weight excluding hydrogens is 344 g/mol. The number of fused-ring (bicyclic) bond motifs is 1. The molecule has 0 unspecified atom stereocenters. The number of pyridine rings is 1. The Labute approximate surface area is 155 Å². The maximum Gasteiger partial charge on any atom is 0.151 e. The minimum atomic E-state index is -0.400. The molecule has 4 aromatic rings. The molecule has 0 fully saturated rings. The van der Waals surface area contributed by atoms with Crippen molar-refractivity contribution in [1.82, 2.24) is 4.98 Å². The number of hydrogen-bond acceptors (Lipinski definition) is 2. The van der Waals surface area contributed by atoms with E-state index in [4.69, 9.17) is 0 Å². The topological polar surface area (TPSA) is 30.0 Å².